The van der Waals surface area contributed by atoms with Gasteiger partial charge in [0.2, 0.25) is 0 Å². The van der Waals surface area contributed by atoms with Crippen LogP contribution in [0.3, 0.4) is 0 Å². The maximum absolute atomic E-state index is 13.2. The van der Waals surface area contributed by atoms with E-state index in [0.717, 1.165) is 16.4 Å². The quantitative estimate of drug-likeness (QED) is 0.881. The fraction of sp³-hybridized carbons (Fsp3) is 0.429. The van der Waals surface area contributed by atoms with E-state index in [4.69, 9.17) is 11.5 Å². The van der Waals surface area contributed by atoms with Crippen LogP contribution in [0.1, 0.15) is 28.9 Å². The van der Waals surface area contributed by atoms with E-state index in [0.29, 0.717) is 18.4 Å². The van der Waals surface area contributed by atoms with Gasteiger partial charge in [-0.1, -0.05) is 12.1 Å². The lowest BCUT2D eigenvalue weighted by molar-refractivity contribution is 0.556. The lowest BCUT2D eigenvalue weighted by Crippen LogP contribution is -2.40. The van der Waals surface area contributed by atoms with E-state index in [-0.39, 0.29) is 17.9 Å². The Hall–Kier alpha value is -1.37. The molecule has 4 nitrogen and oxygen atoms in total. The number of benzene rings is 1. The second-order valence-corrected chi connectivity index (χ2v) is 5.93. The van der Waals surface area contributed by atoms with Crippen molar-refractivity contribution < 1.29 is 4.39 Å². The largest absolute Gasteiger partial charge is 0.327 e. The standard InChI is InChI=1S/C14H19FN4S/c1-8-5-10(3-4-11(8)15)6-13-18-14(20-19-13)7-12(17)9(2)16/h3-5,9,12H,6-7,16-17H2,1-2H3. The molecule has 1 aromatic carbocycles. The number of rotatable bonds is 5. The summed E-state index contributed by atoms with van der Waals surface area (Å²) in [6.07, 6.45) is 1.24. The maximum atomic E-state index is 13.2. The molecular weight excluding hydrogens is 275 g/mol. The molecule has 0 saturated heterocycles. The Kier molecular flexibility index (Phi) is 4.80. The fourth-order valence-electron chi connectivity index (χ4n) is 1.83. The van der Waals surface area contributed by atoms with Crippen molar-refractivity contribution in [1.82, 2.24) is 9.36 Å². The fourth-order valence-corrected chi connectivity index (χ4v) is 2.56. The molecule has 1 heterocycles. The van der Waals surface area contributed by atoms with Gasteiger partial charge in [-0.05, 0) is 42.6 Å². The Morgan fingerprint density at radius 2 is 2.10 bits per heavy atom. The van der Waals surface area contributed by atoms with Gasteiger partial charge in [0, 0.05) is 24.9 Å². The van der Waals surface area contributed by atoms with Crippen molar-refractivity contribution in [3.8, 4) is 0 Å². The van der Waals surface area contributed by atoms with Crippen molar-refractivity contribution in [2.24, 2.45) is 11.5 Å². The smallest absolute Gasteiger partial charge is 0.146 e. The van der Waals surface area contributed by atoms with Crippen LogP contribution in [0.25, 0.3) is 0 Å². The third-order valence-corrected chi connectivity index (χ3v) is 3.95. The van der Waals surface area contributed by atoms with Crippen LogP contribution in [0.5, 0.6) is 0 Å². The van der Waals surface area contributed by atoms with E-state index in [2.05, 4.69) is 9.36 Å². The summed E-state index contributed by atoms with van der Waals surface area (Å²) in [5.74, 6) is 0.552. The highest BCUT2D eigenvalue weighted by atomic mass is 32.1. The third-order valence-electron chi connectivity index (χ3n) is 3.18. The average Bonchev–Trinajstić information content (AvgIpc) is 2.81. The first-order valence-corrected chi connectivity index (χ1v) is 7.30. The molecule has 0 spiro atoms. The molecule has 6 heteroatoms. The van der Waals surface area contributed by atoms with Crippen molar-refractivity contribution in [3.63, 3.8) is 0 Å². The number of nitrogens with two attached hydrogens (primary N) is 2. The summed E-state index contributed by atoms with van der Waals surface area (Å²) in [7, 11) is 0. The van der Waals surface area contributed by atoms with Crippen molar-refractivity contribution in [2.75, 3.05) is 0 Å². The van der Waals surface area contributed by atoms with Crippen LogP contribution in [0.15, 0.2) is 18.2 Å². The minimum absolute atomic E-state index is 0.0675. The molecule has 0 aliphatic carbocycles. The molecular formula is C14H19FN4S. The molecule has 0 bridgehead atoms. The maximum Gasteiger partial charge on any atom is 0.146 e. The SMILES string of the molecule is Cc1cc(Cc2nsc(CC(N)C(C)N)n2)ccc1F. The van der Waals surface area contributed by atoms with Gasteiger partial charge in [-0.3, -0.25) is 0 Å². The van der Waals surface area contributed by atoms with Gasteiger partial charge in [-0.2, -0.15) is 4.37 Å². The highest BCUT2D eigenvalue weighted by Gasteiger charge is 2.13. The van der Waals surface area contributed by atoms with Gasteiger partial charge in [0.15, 0.2) is 0 Å². The van der Waals surface area contributed by atoms with Gasteiger partial charge in [0.05, 0.1) is 0 Å². The first kappa shape index (κ1) is 15.0. The van der Waals surface area contributed by atoms with Crippen LogP contribution in [0, 0.1) is 12.7 Å². The molecule has 0 radical (unpaired) electrons. The zero-order chi connectivity index (χ0) is 14.7. The Bertz CT molecular complexity index is 582. The van der Waals surface area contributed by atoms with Gasteiger partial charge >= 0.3 is 0 Å². The van der Waals surface area contributed by atoms with Crippen LogP contribution in [-0.4, -0.2) is 21.4 Å². The molecule has 2 rings (SSSR count). The van der Waals surface area contributed by atoms with E-state index < -0.39 is 0 Å². The first-order chi connectivity index (χ1) is 9.45. The molecule has 0 amide bonds. The van der Waals surface area contributed by atoms with E-state index >= 15 is 0 Å². The lowest BCUT2D eigenvalue weighted by atomic mass is 10.1. The molecule has 2 aromatic rings. The predicted octanol–water partition coefficient (Wildman–Crippen LogP) is 1.79. The average molecular weight is 294 g/mol. The number of aryl methyl sites for hydroxylation is 1. The van der Waals surface area contributed by atoms with E-state index in [1.165, 1.54) is 17.6 Å². The van der Waals surface area contributed by atoms with Crippen molar-refractivity contribution in [1.29, 1.82) is 0 Å². The van der Waals surface area contributed by atoms with Gasteiger partial charge < -0.3 is 11.5 Å². The number of hydrogen-bond donors (Lipinski definition) is 2. The van der Waals surface area contributed by atoms with E-state index in [1.807, 2.05) is 13.0 Å². The highest BCUT2D eigenvalue weighted by molar-refractivity contribution is 7.05. The Balaban J connectivity index is 2.03. The third kappa shape index (κ3) is 3.82. The Morgan fingerprint density at radius 1 is 1.35 bits per heavy atom. The number of hydrogen-bond acceptors (Lipinski definition) is 5. The van der Waals surface area contributed by atoms with Gasteiger partial charge in [-0.25, -0.2) is 9.37 Å². The van der Waals surface area contributed by atoms with Crippen LogP contribution >= 0.6 is 11.5 Å². The zero-order valence-electron chi connectivity index (χ0n) is 11.6. The molecule has 1 aromatic heterocycles. The van der Waals surface area contributed by atoms with Gasteiger partial charge in [0.25, 0.3) is 0 Å². The first-order valence-electron chi connectivity index (χ1n) is 6.53. The van der Waals surface area contributed by atoms with E-state index in [9.17, 15) is 4.39 Å². The minimum Gasteiger partial charge on any atom is -0.327 e. The molecule has 4 N–H and O–H groups in total. The number of halogens is 1. The van der Waals surface area contributed by atoms with Crippen molar-refractivity contribution in [2.45, 2.75) is 38.8 Å². The summed E-state index contributed by atoms with van der Waals surface area (Å²) in [6, 6.07) is 4.88. The van der Waals surface area contributed by atoms with Gasteiger partial charge in [0.1, 0.15) is 16.6 Å². The predicted molar refractivity (Wildman–Crippen MR) is 79.2 cm³/mol. The summed E-state index contributed by atoms with van der Waals surface area (Å²) >= 11 is 1.35. The molecule has 0 fully saturated rings. The van der Waals surface area contributed by atoms with E-state index in [1.54, 1.807) is 13.0 Å². The summed E-state index contributed by atoms with van der Waals surface area (Å²) < 4.78 is 17.5. The number of aromatic nitrogens is 2. The van der Waals surface area contributed by atoms with Crippen molar-refractivity contribution in [3.05, 3.63) is 46.0 Å². The van der Waals surface area contributed by atoms with Crippen LogP contribution in [0.2, 0.25) is 0 Å². The molecule has 0 aliphatic rings. The molecule has 20 heavy (non-hydrogen) atoms. The van der Waals surface area contributed by atoms with Crippen LogP contribution in [0.4, 0.5) is 4.39 Å². The minimum atomic E-state index is -0.191. The van der Waals surface area contributed by atoms with Gasteiger partial charge in [-0.15, -0.1) is 0 Å². The lowest BCUT2D eigenvalue weighted by Gasteiger charge is -2.12. The zero-order valence-corrected chi connectivity index (χ0v) is 12.5. The summed E-state index contributed by atoms with van der Waals surface area (Å²) in [5, 5.41) is 0.892. The van der Waals surface area contributed by atoms with Crippen molar-refractivity contribution >= 4 is 11.5 Å². The molecule has 0 saturated carbocycles. The molecule has 2 unspecified atom stereocenters. The topological polar surface area (TPSA) is 77.8 Å². The molecule has 0 aliphatic heterocycles. The summed E-state index contributed by atoms with van der Waals surface area (Å²) in [6.45, 7) is 3.63. The second kappa shape index (κ2) is 6.39. The normalized spacial score (nSPS) is 14.2. The summed E-state index contributed by atoms with van der Waals surface area (Å²) in [4.78, 5) is 4.46. The monoisotopic (exact) mass is 294 g/mol. The summed E-state index contributed by atoms with van der Waals surface area (Å²) in [5.41, 5.74) is 13.3. The highest BCUT2D eigenvalue weighted by Crippen LogP contribution is 2.14. The number of nitrogens with zero attached hydrogens (tertiary/aromatic N) is 2. The Labute approximate surface area is 122 Å². The van der Waals surface area contributed by atoms with Crippen LogP contribution < -0.4 is 11.5 Å². The second-order valence-electron chi connectivity index (χ2n) is 5.09. The molecule has 108 valence electrons. The Morgan fingerprint density at radius 3 is 2.75 bits per heavy atom. The molecule has 2 atom stereocenters. The van der Waals surface area contributed by atoms with Crippen LogP contribution in [-0.2, 0) is 12.8 Å².